The summed E-state index contributed by atoms with van der Waals surface area (Å²) in [5.74, 6) is 1.99. The Balaban J connectivity index is 1.43. The number of piperidine rings is 1. The first-order valence-electron chi connectivity index (χ1n) is 10.2. The first-order chi connectivity index (χ1) is 13.9. The number of aromatic nitrogens is 2. The number of carbonyl (C=O) groups excluding carboxylic acids is 1. The van der Waals surface area contributed by atoms with Gasteiger partial charge in [-0.2, -0.15) is 0 Å². The molecule has 1 aliphatic heterocycles. The van der Waals surface area contributed by atoms with E-state index >= 15 is 0 Å². The van der Waals surface area contributed by atoms with E-state index in [1.165, 1.54) is 12.1 Å². The SMILES string of the molecule is CC1CC(C)CN(c2ccc(C(=O)N[C@@H](C)c3nc4cc(Cl)ccc4[nH]3)cc2)C1. The Morgan fingerprint density at radius 2 is 1.86 bits per heavy atom. The monoisotopic (exact) mass is 410 g/mol. The van der Waals surface area contributed by atoms with E-state index in [9.17, 15) is 4.79 Å². The van der Waals surface area contributed by atoms with Crippen molar-refractivity contribution >= 4 is 34.2 Å². The van der Waals surface area contributed by atoms with Gasteiger partial charge in [0.05, 0.1) is 17.1 Å². The van der Waals surface area contributed by atoms with Gasteiger partial charge in [0.2, 0.25) is 0 Å². The van der Waals surface area contributed by atoms with Crippen molar-refractivity contribution in [2.45, 2.75) is 33.2 Å². The lowest BCUT2D eigenvalue weighted by Crippen LogP contribution is -2.38. The maximum Gasteiger partial charge on any atom is 0.251 e. The second-order valence-corrected chi connectivity index (χ2v) is 8.81. The number of hydrogen-bond donors (Lipinski definition) is 2. The molecule has 0 aliphatic carbocycles. The second-order valence-electron chi connectivity index (χ2n) is 8.38. The number of nitrogens with one attached hydrogen (secondary N) is 2. The normalized spacial score (nSPS) is 20.6. The van der Waals surface area contributed by atoms with Gasteiger partial charge in [0, 0.05) is 29.4 Å². The summed E-state index contributed by atoms with van der Waals surface area (Å²) in [4.78, 5) is 22.9. The quantitative estimate of drug-likeness (QED) is 0.622. The van der Waals surface area contributed by atoms with Crippen LogP contribution in [-0.2, 0) is 0 Å². The molecule has 0 radical (unpaired) electrons. The summed E-state index contributed by atoms with van der Waals surface area (Å²) in [6.07, 6.45) is 1.28. The fraction of sp³-hybridized carbons (Fsp3) is 0.391. The molecule has 1 fully saturated rings. The Kier molecular flexibility index (Phi) is 5.50. The minimum Gasteiger partial charge on any atom is -0.371 e. The molecule has 3 atom stereocenters. The lowest BCUT2D eigenvalue weighted by Gasteiger charge is -2.36. The molecule has 2 aromatic carbocycles. The number of H-pyrrole nitrogens is 1. The third-order valence-electron chi connectivity index (χ3n) is 5.58. The molecule has 29 heavy (non-hydrogen) atoms. The van der Waals surface area contributed by atoms with Crippen LogP contribution in [-0.4, -0.2) is 29.0 Å². The zero-order valence-electron chi connectivity index (χ0n) is 17.1. The molecule has 2 heterocycles. The summed E-state index contributed by atoms with van der Waals surface area (Å²) in [7, 11) is 0. The zero-order chi connectivity index (χ0) is 20.5. The van der Waals surface area contributed by atoms with Crippen LogP contribution in [0.15, 0.2) is 42.5 Å². The lowest BCUT2D eigenvalue weighted by atomic mass is 9.91. The predicted molar refractivity (Wildman–Crippen MR) is 119 cm³/mol. The summed E-state index contributed by atoms with van der Waals surface area (Å²) in [6, 6.07) is 13.2. The Hall–Kier alpha value is -2.53. The minimum absolute atomic E-state index is 0.108. The average molecular weight is 411 g/mol. The number of anilines is 1. The highest BCUT2D eigenvalue weighted by atomic mass is 35.5. The van der Waals surface area contributed by atoms with Crippen molar-refractivity contribution in [3.8, 4) is 0 Å². The van der Waals surface area contributed by atoms with Crippen LogP contribution in [0.5, 0.6) is 0 Å². The number of benzene rings is 2. The predicted octanol–water partition coefficient (Wildman–Crippen LogP) is 5.19. The van der Waals surface area contributed by atoms with Crippen LogP contribution in [0, 0.1) is 11.8 Å². The van der Waals surface area contributed by atoms with Crippen LogP contribution < -0.4 is 10.2 Å². The minimum atomic E-state index is -0.239. The van der Waals surface area contributed by atoms with Crippen molar-refractivity contribution in [1.29, 1.82) is 0 Å². The van der Waals surface area contributed by atoms with Gasteiger partial charge in [0.25, 0.3) is 5.91 Å². The number of aromatic amines is 1. The highest BCUT2D eigenvalue weighted by Gasteiger charge is 2.22. The third-order valence-corrected chi connectivity index (χ3v) is 5.82. The molecule has 0 bridgehead atoms. The van der Waals surface area contributed by atoms with Crippen LogP contribution in [0.25, 0.3) is 11.0 Å². The van der Waals surface area contributed by atoms with Crippen molar-refractivity contribution in [3.05, 3.63) is 58.9 Å². The molecule has 0 spiro atoms. The van der Waals surface area contributed by atoms with Crippen LogP contribution in [0.2, 0.25) is 5.02 Å². The van der Waals surface area contributed by atoms with Gasteiger partial charge in [0.1, 0.15) is 5.82 Å². The third kappa shape index (κ3) is 4.40. The number of imidazole rings is 1. The van der Waals surface area contributed by atoms with Gasteiger partial charge in [0.15, 0.2) is 0 Å². The molecule has 1 aliphatic rings. The largest absolute Gasteiger partial charge is 0.371 e. The molecular formula is C23H27ClN4O. The first kappa shape index (κ1) is 19.8. The highest BCUT2D eigenvalue weighted by Crippen LogP contribution is 2.26. The van der Waals surface area contributed by atoms with E-state index in [1.54, 1.807) is 0 Å². The van der Waals surface area contributed by atoms with Crippen LogP contribution in [0.3, 0.4) is 0 Å². The molecule has 1 amide bonds. The molecule has 1 saturated heterocycles. The molecule has 1 aromatic heterocycles. The summed E-state index contributed by atoms with van der Waals surface area (Å²) >= 11 is 6.03. The lowest BCUT2D eigenvalue weighted by molar-refractivity contribution is 0.0938. The summed E-state index contributed by atoms with van der Waals surface area (Å²) in [5.41, 5.74) is 3.53. The second kappa shape index (κ2) is 8.07. The first-order valence-corrected chi connectivity index (χ1v) is 10.6. The number of carbonyl (C=O) groups is 1. The van der Waals surface area contributed by atoms with E-state index in [-0.39, 0.29) is 11.9 Å². The van der Waals surface area contributed by atoms with Crippen LogP contribution in [0.1, 0.15) is 49.4 Å². The summed E-state index contributed by atoms with van der Waals surface area (Å²) in [6.45, 7) is 8.67. The number of fused-ring (bicyclic) bond motifs is 1. The topological polar surface area (TPSA) is 61.0 Å². The molecule has 2 N–H and O–H groups in total. The number of nitrogens with zero attached hydrogens (tertiary/aromatic N) is 2. The van der Waals surface area contributed by atoms with E-state index in [1.807, 2.05) is 49.4 Å². The van der Waals surface area contributed by atoms with E-state index in [4.69, 9.17) is 11.6 Å². The molecule has 6 heteroatoms. The van der Waals surface area contributed by atoms with E-state index in [0.29, 0.717) is 28.2 Å². The van der Waals surface area contributed by atoms with Gasteiger partial charge >= 0.3 is 0 Å². The Labute approximate surface area is 176 Å². The maximum atomic E-state index is 12.7. The standard InChI is InChI=1S/C23H27ClN4O/c1-14-10-15(2)13-28(12-14)19-7-4-17(5-8-19)23(29)25-16(3)22-26-20-9-6-18(24)11-21(20)27-22/h4-9,11,14-16H,10,12-13H2,1-3H3,(H,25,29)(H,26,27)/t14?,15?,16-/m0/s1. The van der Waals surface area contributed by atoms with E-state index in [2.05, 4.69) is 34.0 Å². The van der Waals surface area contributed by atoms with Gasteiger partial charge in [-0.1, -0.05) is 25.4 Å². The molecule has 152 valence electrons. The van der Waals surface area contributed by atoms with Crippen LogP contribution >= 0.6 is 11.6 Å². The Morgan fingerprint density at radius 3 is 2.55 bits per heavy atom. The summed E-state index contributed by atoms with van der Waals surface area (Å²) < 4.78 is 0. The number of hydrogen-bond acceptors (Lipinski definition) is 3. The van der Waals surface area contributed by atoms with Crippen molar-refractivity contribution in [3.63, 3.8) is 0 Å². The molecule has 4 rings (SSSR count). The molecule has 5 nitrogen and oxygen atoms in total. The number of rotatable bonds is 4. The zero-order valence-corrected chi connectivity index (χ0v) is 17.8. The molecular weight excluding hydrogens is 384 g/mol. The maximum absolute atomic E-state index is 12.7. The highest BCUT2D eigenvalue weighted by molar-refractivity contribution is 6.31. The Bertz CT molecular complexity index is 1000. The van der Waals surface area contributed by atoms with Gasteiger partial charge < -0.3 is 15.2 Å². The molecule has 2 unspecified atom stereocenters. The van der Waals surface area contributed by atoms with Crippen molar-refractivity contribution < 1.29 is 4.79 Å². The van der Waals surface area contributed by atoms with Crippen molar-refractivity contribution in [2.24, 2.45) is 11.8 Å². The van der Waals surface area contributed by atoms with Crippen LogP contribution in [0.4, 0.5) is 5.69 Å². The Morgan fingerprint density at radius 1 is 1.17 bits per heavy atom. The van der Waals surface area contributed by atoms with Crippen molar-refractivity contribution in [1.82, 2.24) is 15.3 Å². The fourth-order valence-electron chi connectivity index (χ4n) is 4.25. The van der Waals surface area contributed by atoms with Gasteiger partial charge in [-0.15, -0.1) is 0 Å². The van der Waals surface area contributed by atoms with Gasteiger partial charge in [-0.05, 0) is 67.6 Å². The molecule has 0 saturated carbocycles. The smallest absolute Gasteiger partial charge is 0.251 e. The van der Waals surface area contributed by atoms with Gasteiger partial charge in [-0.3, -0.25) is 4.79 Å². The number of halogens is 1. The average Bonchev–Trinajstić information content (AvgIpc) is 3.10. The fourth-order valence-corrected chi connectivity index (χ4v) is 4.42. The van der Waals surface area contributed by atoms with E-state index in [0.717, 1.165) is 24.1 Å². The van der Waals surface area contributed by atoms with Crippen molar-refractivity contribution in [2.75, 3.05) is 18.0 Å². The van der Waals surface area contributed by atoms with E-state index < -0.39 is 0 Å². The van der Waals surface area contributed by atoms with Gasteiger partial charge in [-0.25, -0.2) is 4.98 Å². The number of amides is 1. The molecule has 3 aromatic rings. The summed E-state index contributed by atoms with van der Waals surface area (Å²) in [5, 5.41) is 3.67.